The molecule has 0 radical (unpaired) electrons. The minimum atomic E-state index is -1.29. The molecule has 1 aliphatic carbocycles. The van der Waals surface area contributed by atoms with Gasteiger partial charge in [0.05, 0.1) is 6.42 Å². The Balaban J connectivity index is 2.94. The van der Waals surface area contributed by atoms with Gasteiger partial charge in [-0.2, -0.15) is 0 Å². The average Bonchev–Trinajstić information content (AvgIpc) is 2.57. The smallest absolute Gasteiger partial charge is 0.310 e. The van der Waals surface area contributed by atoms with Crippen LogP contribution in [0.3, 0.4) is 0 Å². The second kappa shape index (κ2) is 5.99. The van der Waals surface area contributed by atoms with Crippen molar-refractivity contribution in [3.8, 4) is 0 Å². The molecule has 0 aromatic carbocycles. The van der Waals surface area contributed by atoms with Gasteiger partial charge in [0.2, 0.25) is 0 Å². The zero-order valence-electron chi connectivity index (χ0n) is 9.22. The Labute approximate surface area is 101 Å². The van der Waals surface area contributed by atoms with Gasteiger partial charge in [-0.25, -0.2) is 0 Å². The second-order valence-corrected chi connectivity index (χ2v) is 3.90. The van der Waals surface area contributed by atoms with E-state index in [4.69, 9.17) is 10.2 Å². The highest BCUT2D eigenvalue weighted by atomic mass is 16.5. The molecule has 1 saturated carbocycles. The van der Waals surface area contributed by atoms with E-state index in [0.717, 1.165) is 0 Å². The van der Waals surface area contributed by atoms with Crippen molar-refractivity contribution >= 4 is 24.9 Å². The summed E-state index contributed by atoms with van der Waals surface area (Å²) in [5.74, 6) is -4.62. The number of rotatable bonds is 7. The fourth-order valence-corrected chi connectivity index (χ4v) is 2.30. The molecule has 0 aromatic heterocycles. The van der Waals surface area contributed by atoms with E-state index in [1.807, 2.05) is 0 Å². The lowest BCUT2D eigenvalue weighted by molar-refractivity contribution is -0.153. The molecule has 18 heavy (non-hydrogen) atoms. The Morgan fingerprint density at radius 2 is 1.67 bits per heavy atom. The Morgan fingerprint density at radius 3 is 2.11 bits per heavy atom. The maximum absolute atomic E-state index is 11.1. The van der Waals surface area contributed by atoms with Crippen molar-refractivity contribution in [3.05, 3.63) is 0 Å². The molecule has 0 spiro atoms. The number of aliphatic carboxylic acids is 2. The number of carbonyl (C=O) groups excluding carboxylic acids is 2. The van der Waals surface area contributed by atoms with Gasteiger partial charge in [-0.1, -0.05) is 0 Å². The molecule has 1 aliphatic rings. The van der Waals surface area contributed by atoms with Gasteiger partial charge >= 0.3 is 11.9 Å². The summed E-state index contributed by atoms with van der Waals surface area (Å²) >= 11 is 0. The van der Waals surface area contributed by atoms with Gasteiger partial charge in [0.15, 0.2) is 0 Å². The summed E-state index contributed by atoms with van der Waals surface area (Å²) in [6.07, 6.45) is -2.38. The molecule has 0 amide bonds. The number of hydrogen-bond donors (Lipinski definition) is 2. The lowest BCUT2D eigenvalue weighted by Gasteiger charge is -2.20. The van der Waals surface area contributed by atoms with Crippen molar-refractivity contribution in [1.29, 1.82) is 0 Å². The van der Waals surface area contributed by atoms with E-state index < -0.39 is 42.4 Å². The first kappa shape index (κ1) is 13.9. The van der Waals surface area contributed by atoms with E-state index in [2.05, 4.69) is 9.47 Å². The third kappa shape index (κ3) is 2.96. The van der Waals surface area contributed by atoms with Crippen LogP contribution in [0.15, 0.2) is 0 Å². The van der Waals surface area contributed by atoms with Crippen LogP contribution in [0.2, 0.25) is 0 Å². The van der Waals surface area contributed by atoms with Crippen LogP contribution in [0, 0.1) is 11.8 Å². The number of carbonyl (C=O) groups is 4. The summed E-state index contributed by atoms with van der Waals surface area (Å²) in [6.45, 7) is 0.226. The standard InChI is InChI=1S/C10H12O8/c11-3-17-6-2-7(18-4-12)9(10(15)16)5(6)1-8(13)14/h3-7,9H,1-2H2,(H,13,14)(H,15,16). The van der Waals surface area contributed by atoms with Gasteiger partial charge in [-0.05, 0) is 0 Å². The Bertz CT molecular complexity index is 352. The highest BCUT2D eigenvalue weighted by Crippen LogP contribution is 2.38. The molecule has 8 heteroatoms. The second-order valence-electron chi connectivity index (χ2n) is 3.90. The molecule has 4 atom stereocenters. The van der Waals surface area contributed by atoms with Gasteiger partial charge in [-0.15, -0.1) is 0 Å². The van der Waals surface area contributed by atoms with Crippen LogP contribution in [0.25, 0.3) is 0 Å². The summed E-state index contributed by atoms with van der Waals surface area (Å²) in [6, 6.07) is 0. The maximum Gasteiger partial charge on any atom is 0.310 e. The minimum Gasteiger partial charge on any atom is -0.481 e. The fraction of sp³-hybridized carbons (Fsp3) is 0.600. The normalized spacial score (nSPS) is 30.4. The summed E-state index contributed by atoms with van der Waals surface area (Å²) in [7, 11) is 0. The molecule has 4 unspecified atom stereocenters. The predicted octanol–water partition coefficient (Wildman–Crippen LogP) is -0.735. The molecular weight excluding hydrogens is 248 g/mol. The summed E-state index contributed by atoms with van der Waals surface area (Å²) in [5, 5.41) is 17.8. The van der Waals surface area contributed by atoms with Gasteiger partial charge in [0.25, 0.3) is 12.9 Å². The molecular formula is C10H12O8. The van der Waals surface area contributed by atoms with Crippen LogP contribution in [-0.2, 0) is 28.7 Å². The third-order valence-corrected chi connectivity index (χ3v) is 2.96. The topological polar surface area (TPSA) is 127 Å². The van der Waals surface area contributed by atoms with E-state index in [1.165, 1.54) is 0 Å². The van der Waals surface area contributed by atoms with Gasteiger partial charge in [0.1, 0.15) is 18.1 Å². The number of carboxylic acid groups (broad SMARTS) is 2. The summed E-state index contributed by atoms with van der Waals surface area (Å²) in [5.41, 5.74) is 0. The Kier molecular flexibility index (Phi) is 4.64. The largest absolute Gasteiger partial charge is 0.481 e. The van der Waals surface area contributed by atoms with Crippen LogP contribution in [-0.4, -0.2) is 47.3 Å². The highest BCUT2D eigenvalue weighted by molar-refractivity contribution is 5.74. The van der Waals surface area contributed by atoms with Crippen LogP contribution >= 0.6 is 0 Å². The molecule has 0 aliphatic heterocycles. The zero-order valence-corrected chi connectivity index (χ0v) is 9.22. The zero-order chi connectivity index (χ0) is 13.7. The molecule has 0 heterocycles. The molecule has 0 saturated heterocycles. The summed E-state index contributed by atoms with van der Waals surface area (Å²) in [4.78, 5) is 42.4. The van der Waals surface area contributed by atoms with Crippen molar-refractivity contribution < 1.29 is 38.9 Å². The predicted molar refractivity (Wildman–Crippen MR) is 53.4 cm³/mol. The first-order chi connectivity index (χ1) is 8.51. The molecule has 1 fully saturated rings. The molecule has 1 rings (SSSR count). The van der Waals surface area contributed by atoms with Crippen LogP contribution < -0.4 is 0 Å². The van der Waals surface area contributed by atoms with Crippen molar-refractivity contribution in [3.63, 3.8) is 0 Å². The number of ether oxygens (including phenoxy) is 2. The minimum absolute atomic E-state index is 0.0214. The molecule has 0 bridgehead atoms. The quantitative estimate of drug-likeness (QED) is 0.573. The SMILES string of the molecule is O=COC1CC(OC=O)C(C(=O)O)C1CC(=O)O. The monoisotopic (exact) mass is 260 g/mol. The first-order valence-corrected chi connectivity index (χ1v) is 5.14. The van der Waals surface area contributed by atoms with E-state index in [0.29, 0.717) is 0 Å². The van der Waals surface area contributed by atoms with Crippen molar-refractivity contribution in [2.24, 2.45) is 11.8 Å². The van der Waals surface area contributed by atoms with Crippen LogP contribution in [0.1, 0.15) is 12.8 Å². The lowest BCUT2D eigenvalue weighted by atomic mass is 9.90. The Hall–Kier alpha value is -2.12. The third-order valence-electron chi connectivity index (χ3n) is 2.96. The van der Waals surface area contributed by atoms with Gasteiger partial charge in [-0.3, -0.25) is 19.2 Å². The lowest BCUT2D eigenvalue weighted by Crippen LogP contribution is -2.32. The van der Waals surface area contributed by atoms with Crippen molar-refractivity contribution in [1.82, 2.24) is 0 Å². The molecule has 100 valence electrons. The fourth-order valence-electron chi connectivity index (χ4n) is 2.30. The van der Waals surface area contributed by atoms with E-state index >= 15 is 0 Å². The molecule has 2 N–H and O–H groups in total. The van der Waals surface area contributed by atoms with Crippen molar-refractivity contribution in [2.75, 3.05) is 0 Å². The van der Waals surface area contributed by atoms with E-state index in [9.17, 15) is 19.2 Å². The maximum atomic E-state index is 11.1. The van der Waals surface area contributed by atoms with Gasteiger partial charge in [0, 0.05) is 12.3 Å². The van der Waals surface area contributed by atoms with Crippen LogP contribution in [0.5, 0.6) is 0 Å². The average molecular weight is 260 g/mol. The highest BCUT2D eigenvalue weighted by Gasteiger charge is 2.50. The molecule has 8 nitrogen and oxygen atoms in total. The number of carboxylic acids is 2. The summed E-state index contributed by atoms with van der Waals surface area (Å²) < 4.78 is 9.29. The van der Waals surface area contributed by atoms with E-state index in [1.54, 1.807) is 0 Å². The van der Waals surface area contributed by atoms with Gasteiger partial charge < -0.3 is 19.7 Å². The van der Waals surface area contributed by atoms with E-state index in [-0.39, 0.29) is 19.4 Å². The van der Waals surface area contributed by atoms with Crippen molar-refractivity contribution in [2.45, 2.75) is 25.0 Å². The van der Waals surface area contributed by atoms with Crippen LogP contribution in [0.4, 0.5) is 0 Å². The Morgan fingerprint density at radius 1 is 1.11 bits per heavy atom. The number of hydrogen-bond acceptors (Lipinski definition) is 6. The first-order valence-electron chi connectivity index (χ1n) is 5.14. The molecule has 0 aromatic rings.